The normalized spacial score (nSPS) is 11.1. The third-order valence-electron chi connectivity index (χ3n) is 5.67. The molecular weight excluding hydrogens is 396 g/mol. The summed E-state index contributed by atoms with van der Waals surface area (Å²) in [7, 11) is 2.05. The van der Waals surface area contributed by atoms with E-state index >= 15 is 0 Å². The van der Waals surface area contributed by atoms with Crippen LogP contribution in [0.3, 0.4) is 0 Å². The second-order valence-corrected chi connectivity index (χ2v) is 7.85. The van der Waals surface area contributed by atoms with Gasteiger partial charge < -0.3 is 4.90 Å². The minimum atomic E-state index is 0.658. The monoisotopic (exact) mass is 420 g/mol. The summed E-state index contributed by atoms with van der Waals surface area (Å²) in [5, 5.41) is 5.83. The van der Waals surface area contributed by atoms with Gasteiger partial charge in [0, 0.05) is 30.4 Å². The van der Waals surface area contributed by atoms with E-state index in [0.29, 0.717) is 5.82 Å². The van der Waals surface area contributed by atoms with E-state index in [0.717, 1.165) is 45.9 Å². The minimum Gasteiger partial charge on any atom is -0.326 e. The first-order valence-corrected chi connectivity index (χ1v) is 10.6. The molecule has 0 radical (unpaired) electrons. The van der Waals surface area contributed by atoms with Gasteiger partial charge in [0.05, 0.1) is 29.1 Å². The lowest BCUT2D eigenvalue weighted by Crippen LogP contribution is -2.15. The zero-order chi connectivity index (χ0) is 22.1. The van der Waals surface area contributed by atoms with Gasteiger partial charge in [0.2, 0.25) is 0 Å². The molecule has 3 aromatic heterocycles. The van der Waals surface area contributed by atoms with Crippen LogP contribution in [0.2, 0.25) is 0 Å². The number of aryl methyl sites for hydroxylation is 1. The molecule has 3 heterocycles. The molecule has 6 heteroatoms. The van der Waals surface area contributed by atoms with Gasteiger partial charge in [0.25, 0.3) is 0 Å². The van der Waals surface area contributed by atoms with Crippen molar-refractivity contribution in [3.8, 4) is 11.4 Å². The van der Waals surface area contributed by atoms with Crippen molar-refractivity contribution < 1.29 is 0 Å². The van der Waals surface area contributed by atoms with Crippen LogP contribution < -0.4 is 4.90 Å². The molecule has 0 N–H and O–H groups in total. The summed E-state index contributed by atoms with van der Waals surface area (Å²) in [6.45, 7) is 4.89. The van der Waals surface area contributed by atoms with Gasteiger partial charge >= 0.3 is 0 Å². The summed E-state index contributed by atoms with van der Waals surface area (Å²) in [5.41, 5.74) is 6.13. The standard InChI is InChI=1S/C26H24N6/c1-18-24(19(2)32(30-18)17-20-10-5-4-6-11-20)31(3)26-22-13-7-8-14-23(22)28-25(29-26)21-12-9-15-27-16-21/h4-16H,17H2,1-3H3. The Hall–Kier alpha value is -4.06. The number of anilines is 2. The predicted molar refractivity (Wildman–Crippen MR) is 128 cm³/mol. The van der Waals surface area contributed by atoms with Crippen LogP contribution in [0.25, 0.3) is 22.3 Å². The van der Waals surface area contributed by atoms with Crippen molar-refractivity contribution in [2.75, 3.05) is 11.9 Å². The lowest BCUT2D eigenvalue weighted by molar-refractivity contribution is 0.659. The highest BCUT2D eigenvalue weighted by Crippen LogP contribution is 2.34. The Morgan fingerprint density at radius 1 is 0.875 bits per heavy atom. The molecule has 158 valence electrons. The molecule has 0 spiro atoms. The summed E-state index contributed by atoms with van der Waals surface area (Å²) in [6, 6.07) is 22.4. The molecule has 5 rings (SSSR count). The molecule has 6 nitrogen and oxygen atoms in total. The molecule has 2 aromatic carbocycles. The van der Waals surface area contributed by atoms with Crippen molar-refractivity contribution in [2.24, 2.45) is 0 Å². The number of aromatic nitrogens is 5. The minimum absolute atomic E-state index is 0.658. The van der Waals surface area contributed by atoms with Crippen molar-refractivity contribution >= 4 is 22.4 Å². The molecule has 0 fully saturated rings. The summed E-state index contributed by atoms with van der Waals surface area (Å²) < 4.78 is 2.06. The third kappa shape index (κ3) is 3.60. The topological polar surface area (TPSA) is 59.7 Å². The van der Waals surface area contributed by atoms with Crippen LogP contribution in [-0.2, 0) is 6.54 Å². The highest BCUT2D eigenvalue weighted by Gasteiger charge is 2.21. The van der Waals surface area contributed by atoms with E-state index in [1.807, 2.05) is 50.4 Å². The van der Waals surface area contributed by atoms with Crippen LogP contribution in [0.4, 0.5) is 11.5 Å². The lowest BCUT2D eigenvalue weighted by atomic mass is 10.2. The number of fused-ring (bicyclic) bond motifs is 1. The maximum absolute atomic E-state index is 4.96. The predicted octanol–water partition coefficient (Wildman–Crippen LogP) is 5.32. The summed E-state index contributed by atoms with van der Waals surface area (Å²) >= 11 is 0. The molecule has 0 unspecified atom stereocenters. The van der Waals surface area contributed by atoms with E-state index < -0.39 is 0 Å². The molecule has 0 saturated heterocycles. The average molecular weight is 421 g/mol. The number of hydrogen-bond donors (Lipinski definition) is 0. The van der Waals surface area contributed by atoms with Crippen molar-refractivity contribution in [3.05, 3.63) is 96.1 Å². The molecule has 0 amide bonds. The molecule has 0 saturated carbocycles. The number of pyridine rings is 1. The van der Waals surface area contributed by atoms with Gasteiger partial charge in [0.15, 0.2) is 5.82 Å². The Balaban J connectivity index is 1.62. The van der Waals surface area contributed by atoms with E-state index in [1.54, 1.807) is 12.4 Å². The molecule has 32 heavy (non-hydrogen) atoms. The van der Waals surface area contributed by atoms with E-state index in [1.165, 1.54) is 5.56 Å². The van der Waals surface area contributed by atoms with Crippen LogP contribution in [0, 0.1) is 13.8 Å². The average Bonchev–Trinajstić information content (AvgIpc) is 3.11. The van der Waals surface area contributed by atoms with Gasteiger partial charge in [-0.1, -0.05) is 42.5 Å². The third-order valence-corrected chi connectivity index (χ3v) is 5.67. The number of para-hydroxylation sites is 1. The second kappa shape index (κ2) is 8.23. The highest BCUT2D eigenvalue weighted by atomic mass is 15.3. The van der Waals surface area contributed by atoms with Crippen LogP contribution in [0.5, 0.6) is 0 Å². The molecule has 0 aliphatic heterocycles. The van der Waals surface area contributed by atoms with Gasteiger partial charge in [-0.3, -0.25) is 9.67 Å². The smallest absolute Gasteiger partial charge is 0.163 e. The van der Waals surface area contributed by atoms with E-state index in [9.17, 15) is 0 Å². The van der Waals surface area contributed by atoms with Gasteiger partial charge in [-0.05, 0) is 43.7 Å². The van der Waals surface area contributed by atoms with E-state index in [4.69, 9.17) is 15.1 Å². The van der Waals surface area contributed by atoms with Crippen molar-refractivity contribution in [1.29, 1.82) is 0 Å². The number of nitrogens with zero attached hydrogens (tertiary/aromatic N) is 6. The molecule has 0 bridgehead atoms. The lowest BCUT2D eigenvalue weighted by Gasteiger charge is -2.21. The van der Waals surface area contributed by atoms with Crippen LogP contribution in [-0.4, -0.2) is 31.8 Å². The van der Waals surface area contributed by atoms with Gasteiger partial charge in [-0.15, -0.1) is 0 Å². The van der Waals surface area contributed by atoms with Crippen LogP contribution in [0.1, 0.15) is 17.0 Å². The molecule has 0 aliphatic carbocycles. The highest BCUT2D eigenvalue weighted by molar-refractivity contribution is 5.93. The van der Waals surface area contributed by atoms with Gasteiger partial charge in [-0.2, -0.15) is 5.10 Å². The first-order valence-electron chi connectivity index (χ1n) is 10.6. The zero-order valence-corrected chi connectivity index (χ0v) is 18.4. The Morgan fingerprint density at radius 2 is 1.66 bits per heavy atom. The summed E-state index contributed by atoms with van der Waals surface area (Å²) in [6.07, 6.45) is 3.55. The molecule has 0 aliphatic rings. The van der Waals surface area contributed by atoms with Crippen molar-refractivity contribution in [2.45, 2.75) is 20.4 Å². The summed E-state index contributed by atoms with van der Waals surface area (Å²) in [5.74, 6) is 1.51. The number of rotatable bonds is 5. The van der Waals surface area contributed by atoms with Crippen LogP contribution >= 0.6 is 0 Å². The quantitative estimate of drug-likeness (QED) is 0.385. The first kappa shape index (κ1) is 19.9. The SMILES string of the molecule is Cc1nn(Cc2ccccc2)c(C)c1N(C)c1nc(-c2cccnc2)nc2ccccc12. The number of hydrogen-bond acceptors (Lipinski definition) is 5. The Labute approximate surface area is 187 Å². The molecular formula is C26H24N6. The largest absolute Gasteiger partial charge is 0.326 e. The Bertz CT molecular complexity index is 1380. The van der Waals surface area contributed by atoms with Crippen LogP contribution in [0.15, 0.2) is 79.1 Å². The van der Waals surface area contributed by atoms with E-state index in [-0.39, 0.29) is 0 Å². The fraction of sp³-hybridized carbons (Fsp3) is 0.154. The fourth-order valence-corrected chi connectivity index (χ4v) is 4.13. The van der Waals surface area contributed by atoms with E-state index in [2.05, 4.69) is 51.8 Å². The molecule has 5 aromatic rings. The fourth-order valence-electron chi connectivity index (χ4n) is 4.13. The van der Waals surface area contributed by atoms with Crippen molar-refractivity contribution in [3.63, 3.8) is 0 Å². The Morgan fingerprint density at radius 3 is 2.44 bits per heavy atom. The molecule has 0 atom stereocenters. The maximum atomic E-state index is 4.96. The van der Waals surface area contributed by atoms with Crippen molar-refractivity contribution in [1.82, 2.24) is 24.7 Å². The first-order chi connectivity index (χ1) is 15.6. The maximum Gasteiger partial charge on any atom is 0.163 e. The Kier molecular flexibility index (Phi) is 5.11. The summed E-state index contributed by atoms with van der Waals surface area (Å²) in [4.78, 5) is 16.1. The number of benzene rings is 2. The second-order valence-electron chi connectivity index (χ2n) is 7.85. The van der Waals surface area contributed by atoms with Gasteiger partial charge in [0.1, 0.15) is 5.82 Å². The van der Waals surface area contributed by atoms with Gasteiger partial charge in [-0.25, -0.2) is 9.97 Å². The zero-order valence-electron chi connectivity index (χ0n) is 18.4.